The molecule has 0 amide bonds. The van der Waals surface area contributed by atoms with Crippen LogP contribution in [-0.4, -0.2) is 30.1 Å². The van der Waals surface area contributed by atoms with E-state index in [1.54, 1.807) is 0 Å². The summed E-state index contributed by atoms with van der Waals surface area (Å²) in [6.45, 7) is 15.3. The highest BCUT2D eigenvalue weighted by atomic mass is 15.2. The quantitative estimate of drug-likeness (QED) is 0.826. The second kappa shape index (κ2) is 5.04. The highest BCUT2D eigenvalue weighted by molar-refractivity contribution is 5.01. The van der Waals surface area contributed by atoms with Gasteiger partial charge in [0.15, 0.2) is 0 Å². The fraction of sp³-hybridized carbons (Fsp3) is 1.00. The molecule has 2 heteroatoms. The van der Waals surface area contributed by atoms with Gasteiger partial charge in [0.05, 0.1) is 0 Å². The van der Waals surface area contributed by atoms with Gasteiger partial charge in [-0.1, -0.05) is 34.6 Å². The molecule has 19 heavy (non-hydrogen) atoms. The van der Waals surface area contributed by atoms with E-state index in [2.05, 4.69) is 39.5 Å². The van der Waals surface area contributed by atoms with E-state index in [4.69, 9.17) is 5.73 Å². The van der Waals surface area contributed by atoms with Crippen LogP contribution in [0.1, 0.15) is 66.7 Å². The third kappa shape index (κ3) is 3.16. The van der Waals surface area contributed by atoms with Gasteiger partial charge >= 0.3 is 0 Å². The van der Waals surface area contributed by atoms with E-state index in [9.17, 15) is 0 Å². The molecule has 1 heterocycles. The Morgan fingerprint density at radius 1 is 1.11 bits per heavy atom. The van der Waals surface area contributed by atoms with E-state index in [-0.39, 0.29) is 0 Å². The van der Waals surface area contributed by atoms with Crippen LogP contribution in [0.4, 0.5) is 0 Å². The van der Waals surface area contributed by atoms with Crippen molar-refractivity contribution in [1.29, 1.82) is 0 Å². The van der Waals surface area contributed by atoms with Gasteiger partial charge in [0, 0.05) is 18.6 Å². The number of hydrogen-bond acceptors (Lipinski definition) is 2. The lowest BCUT2D eigenvalue weighted by atomic mass is 9.67. The minimum absolute atomic E-state index is 0.315. The van der Waals surface area contributed by atoms with Gasteiger partial charge in [-0.05, 0) is 55.4 Å². The lowest BCUT2D eigenvalue weighted by Gasteiger charge is -2.49. The maximum Gasteiger partial charge on any atom is 0.0332 e. The van der Waals surface area contributed by atoms with Crippen LogP contribution in [0.15, 0.2) is 0 Å². The van der Waals surface area contributed by atoms with Crippen LogP contribution < -0.4 is 5.73 Å². The first kappa shape index (κ1) is 15.3. The van der Waals surface area contributed by atoms with Crippen LogP contribution in [0.2, 0.25) is 0 Å². The summed E-state index contributed by atoms with van der Waals surface area (Å²) in [7, 11) is 0. The Kier molecular flexibility index (Phi) is 4.06. The predicted octanol–water partition coefficient (Wildman–Crippen LogP) is 3.65. The van der Waals surface area contributed by atoms with E-state index >= 15 is 0 Å². The van der Waals surface area contributed by atoms with Crippen molar-refractivity contribution in [1.82, 2.24) is 4.90 Å². The molecule has 0 aromatic carbocycles. The monoisotopic (exact) mass is 266 g/mol. The fourth-order valence-electron chi connectivity index (χ4n) is 4.19. The Hall–Kier alpha value is -0.0800. The molecule has 2 N–H and O–H groups in total. The summed E-state index contributed by atoms with van der Waals surface area (Å²) >= 11 is 0. The molecule has 0 aromatic rings. The Labute approximate surface area is 120 Å². The molecular weight excluding hydrogens is 232 g/mol. The summed E-state index contributed by atoms with van der Waals surface area (Å²) in [5.41, 5.74) is 7.49. The predicted molar refractivity (Wildman–Crippen MR) is 83.2 cm³/mol. The molecule has 1 aliphatic heterocycles. The molecule has 0 bridgehead atoms. The highest BCUT2D eigenvalue weighted by Gasteiger charge is 2.45. The van der Waals surface area contributed by atoms with E-state index in [1.165, 1.54) is 45.2 Å². The molecule has 2 aliphatic rings. The number of hydrogen-bond donors (Lipinski definition) is 1. The van der Waals surface area contributed by atoms with E-state index in [0.29, 0.717) is 16.4 Å². The van der Waals surface area contributed by atoms with Gasteiger partial charge in [0.2, 0.25) is 0 Å². The van der Waals surface area contributed by atoms with Crippen LogP contribution in [0, 0.1) is 16.7 Å². The Bertz CT molecular complexity index is 306. The smallest absolute Gasteiger partial charge is 0.0332 e. The maximum absolute atomic E-state index is 6.22. The number of rotatable bonds is 2. The minimum Gasteiger partial charge on any atom is -0.329 e. The summed E-state index contributed by atoms with van der Waals surface area (Å²) in [5.74, 6) is 0.878. The number of nitrogens with zero attached hydrogens (tertiary/aromatic N) is 1. The molecule has 112 valence electrons. The average Bonchev–Trinajstić information content (AvgIpc) is 2.69. The summed E-state index contributed by atoms with van der Waals surface area (Å²) < 4.78 is 0. The Balaban J connectivity index is 2.03. The van der Waals surface area contributed by atoms with E-state index in [1.807, 2.05) is 0 Å². The van der Waals surface area contributed by atoms with Gasteiger partial charge in [-0.15, -0.1) is 0 Å². The molecule has 0 radical (unpaired) electrons. The van der Waals surface area contributed by atoms with Gasteiger partial charge < -0.3 is 5.73 Å². The topological polar surface area (TPSA) is 29.3 Å². The van der Waals surface area contributed by atoms with Crippen LogP contribution in [0.25, 0.3) is 0 Å². The molecule has 1 saturated carbocycles. The molecule has 0 unspecified atom stereocenters. The molecule has 1 aliphatic carbocycles. The number of likely N-dealkylation sites (tertiary alicyclic amines) is 1. The van der Waals surface area contributed by atoms with E-state index in [0.717, 1.165) is 12.5 Å². The first-order valence-corrected chi connectivity index (χ1v) is 8.14. The molecule has 2 nitrogen and oxygen atoms in total. The van der Waals surface area contributed by atoms with Gasteiger partial charge in [-0.25, -0.2) is 0 Å². The fourth-order valence-corrected chi connectivity index (χ4v) is 4.19. The van der Waals surface area contributed by atoms with Crippen molar-refractivity contribution in [2.75, 3.05) is 19.6 Å². The lowest BCUT2D eigenvalue weighted by Crippen LogP contribution is -2.55. The molecule has 1 saturated heterocycles. The lowest BCUT2D eigenvalue weighted by molar-refractivity contribution is 0.0309. The van der Waals surface area contributed by atoms with Crippen LogP contribution in [0.3, 0.4) is 0 Å². The first-order chi connectivity index (χ1) is 8.69. The van der Waals surface area contributed by atoms with Crippen molar-refractivity contribution in [3.63, 3.8) is 0 Å². The molecule has 2 rings (SSSR count). The summed E-state index contributed by atoms with van der Waals surface area (Å²) in [4.78, 5) is 2.73. The van der Waals surface area contributed by atoms with Gasteiger partial charge in [-0.2, -0.15) is 0 Å². The molecule has 0 aromatic heterocycles. The first-order valence-electron chi connectivity index (χ1n) is 8.14. The van der Waals surface area contributed by atoms with Crippen LogP contribution in [0.5, 0.6) is 0 Å². The maximum atomic E-state index is 6.22. The van der Waals surface area contributed by atoms with E-state index < -0.39 is 0 Å². The zero-order valence-electron chi connectivity index (χ0n) is 13.8. The largest absolute Gasteiger partial charge is 0.329 e. The Morgan fingerprint density at radius 3 is 2.05 bits per heavy atom. The van der Waals surface area contributed by atoms with Gasteiger partial charge in [-0.3, -0.25) is 4.90 Å². The van der Waals surface area contributed by atoms with Crippen molar-refractivity contribution >= 4 is 0 Å². The normalized spacial score (nSPS) is 36.6. The van der Waals surface area contributed by atoms with Crippen molar-refractivity contribution < 1.29 is 0 Å². The average molecular weight is 266 g/mol. The third-order valence-electron chi connectivity index (χ3n) is 5.87. The number of nitrogens with two attached hydrogens (primary N) is 1. The minimum atomic E-state index is 0.315. The van der Waals surface area contributed by atoms with Crippen LogP contribution in [-0.2, 0) is 0 Å². The Morgan fingerprint density at radius 2 is 1.68 bits per heavy atom. The highest BCUT2D eigenvalue weighted by Crippen LogP contribution is 2.45. The molecule has 0 atom stereocenters. The zero-order valence-corrected chi connectivity index (χ0v) is 13.8. The van der Waals surface area contributed by atoms with Gasteiger partial charge in [0.1, 0.15) is 0 Å². The van der Waals surface area contributed by atoms with Gasteiger partial charge in [0.25, 0.3) is 0 Å². The standard InChI is InChI=1S/C17H34N2/c1-15(2,3)14-6-8-17(12-18,9-7-14)19-11-10-16(4,5)13-19/h14H,6-13,18H2,1-5H3. The SMILES string of the molecule is CC1(C)CCN(C2(CN)CCC(C(C)(C)C)CC2)C1. The van der Waals surface area contributed by atoms with Crippen molar-refractivity contribution in [2.24, 2.45) is 22.5 Å². The second-order valence-electron chi connectivity index (χ2n) is 8.90. The molecular formula is C17H34N2. The second-order valence-corrected chi connectivity index (χ2v) is 8.90. The summed E-state index contributed by atoms with van der Waals surface area (Å²) in [5, 5.41) is 0. The summed E-state index contributed by atoms with van der Waals surface area (Å²) in [6.07, 6.45) is 6.66. The molecule has 2 fully saturated rings. The van der Waals surface area contributed by atoms with Crippen molar-refractivity contribution in [3.05, 3.63) is 0 Å². The summed E-state index contributed by atoms with van der Waals surface area (Å²) in [6, 6.07) is 0. The van der Waals surface area contributed by atoms with Crippen molar-refractivity contribution in [3.8, 4) is 0 Å². The zero-order chi connectivity index (χ0) is 14.3. The van der Waals surface area contributed by atoms with Crippen LogP contribution >= 0.6 is 0 Å². The van der Waals surface area contributed by atoms with Crippen molar-refractivity contribution in [2.45, 2.75) is 72.3 Å². The molecule has 0 spiro atoms. The third-order valence-corrected chi connectivity index (χ3v) is 5.87.